The average Bonchev–Trinajstić information content (AvgIpc) is 2.04. The zero-order valence-electron chi connectivity index (χ0n) is 7.71. The van der Waals surface area contributed by atoms with E-state index in [4.69, 9.17) is 0 Å². The Hall–Kier alpha value is -0.0400. The molecular formula is C10H20O. The van der Waals surface area contributed by atoms with Gasteiger partial charge in [-0.3, -0.25) is 0 Å². The van der Waals surface area contributed by atoms with Gasteiger partial charge in [0.2, 0.25) is 0 Å². The topological polar surface area (TPSA) is 20.2 Å². The van der Waals surface area contributed by atoms with Crippen molar-refractivity contribution in [1.29, 1.82) is 0 Å². The zero-order chi connectivity index (χ0) is 8.27. The molecule has 1 aliphatic carbocycles. The summed E-state index contributed by atoms with van der Waals surface area (Å²) in [6, 6.07) is 0. The van der Waals surface area contributed by atoms with Crippen LogP contribution < -0.4 is 0 Å². The van der Waals surface area contributed by atoms with Gasteiger partial charge in [-0.15, -0.1) is 0 Å². The first-order valence-corrected chi connectivity index (χ1v) is 4.93. The summed E-state index contributed by atoms with van der Waals surface area (Å²) in [5, 5.41) is 9.67. The van der Waals surface area contributed by atoms with E-state index >= 15 is 0 Å². The Morgan fingerprint density at radius 2 is 2.00 bits per heavy atom. The van der Waals surface area contributed by atoms with Gasteiger partial charge < -0.3 is 5.11 Å². The first-order chi connectivity index (χ1) is 5.25. The van der Waals surface area contributed by atoms with Crippen molar-refractivity contribution < 1.29 is 5.11 Å². The third-order valence-corrected chi connectivity index (χ3v) is 3.16. The Morgan fingerprint density at radius 3 is 2.55 bits per heavy atom. The molecule has 1 aliphatic rings. The van der Waals surface area contributed by atoms with E-state index < -0.39 is 0 Å². The Kier molecular flexibility index (Phi) is 3.38. The van der Waals surface area contributed by atoms with Crippen molar-refractivity contribution in [1.82, 2.24) is 0 Å². The fourth-order valence-corrected chi connectivity index (χ4v) is 2.11. The van der Waals surface area contributed by atoms with Crippen LogP contribution in [0.2, 0.25) is 0 Å². The molecule has 1 rings (SSSR count). The molecule has 1 saturated carbocycles. The highest BCUT2D eigenvalue weighted by atomic mass is 16.3. The van der Waals surface area contributed by atoms with Crippen molar-refractivity contribution in [3.63, 3.8) is 0 Å². The number of aliphatic hydroxyl groups is 1. The second-order valence-electron chi connectivity index (χ2n) is 3.90. The minimum Gasteiger partial charge on any atom is -0.393 e. The Morgan fingerprint density at radius 1 is 1.36 bits per heavy atom. The molecular weight excluding hydrogens is 136 g/mol. The summed E-state index contributed by atoms with van der Waals surface area (Å²) in [6.07, 6.45) is 6.05. The molecule has 3 atom stereocenters. The van der Waals surface area contributed by atoms with Gasteiger partial charge in [0.25, 0.3) is 0 Å². The molecule has 0 spiro atoms. The summed E-state index contributed by atoms with van der Waals surface area (Å²) in [5.74, 6) is 1.30. The van der Waals surface area contributed by atoms with Gasteiger partial charge in [0.1, 0.15) is 0 Å². The molecule has 0 aromatic carbocycles. The van der Waals surface area contributed by atoms with E-state index in [0.29, 0.717) is 11.8 Å². The minimum absolute atomic E-state index is 0.00120. The van der Waals surface area contributed by atoms with Gasteiger partial charge in [0, 0.05) is 0 Å². The molecule has 0 saturated heterocycles. The van der Waals surface area contributed by atoms with E-state index in [-0.39, 0.29) is 6.10 Å². The quantitative estimate of drug-likeness (QED) is 0.651. The molecule has 1 fully saturated rings. The molecule has 66 valence electrons. The molecule has 0 amide bonds. The highest BCUT2D eigenvalue weighted by Crippen LogP contribution is 2.31. The van der Waals surface area contributed by atoms with Crippen LogP contribution in [0.4, 0.5) is 0 Å². The lowest BCUT2D eigenvalue weighted by Crippen LogP contribution is -2.29. The summed E-state index contributed by atoms with van der Waals surface area (Å²) < 4.78 is 0. The van der Waals surface area contributed by atoms with Crippen LogP contribution in [-0.2, 0) is 0 Å². The monoisotopic (exact) mass is 156 g/mol. The summed E-state index contributed by atoms with van der Waals surface area (Å²) in [5.41, 5.74) is 0. The van der Waals surface area contributed by atoms with Crippen LogP contribution in [0.1, 0.15) is 46.0 Å². The molecule has 0 aromatic heterocycles. The molecule has 0 bridgehead atoms. The molecule has 0 aromatic rings. The standard InChI is InChI=1S/C10H20O/c1-3-8(2)9-6-4-5-7-10(9)11/h8-11H,3-7H2,1-2H3. The zero-order valence-corrected chi connectivity index (χ0v) is 7.71. The van der Waals surface area contributed by atoms with Gasteiger partial charge in [0.15, 0.2) is 0 Å². The van der Waals surface area contributed by atoms with E-state index in [1.807, 2.05) is 0 Å². The summed E-state index contributed by atoms with van der Waals surface area (Å²) in [4.78, 5) is 0. The average molecular weight is 156 g/mol. The van der Waals surface area contributed by atoms with Gasteiger partial charge in [0.05, 0.1) is 6.10 Å². The molecule has 3 unspecified atom stereocenters. The molecule has 1 heteroatoms. The molecule has 1 nitrogen and oxygen atoms in total. The van der Waals surface area contributed by atoms with Gasteiger partial charge in [-0.25, -0.2) is 0 Å². The maximum Gasteiger partial charge on any atom is 0.0570 e. The fraction of sp³-hybridized carbons (Fsp3) is 1.00. The Bertz CT molecular complexity index is 107. The maximum absolute atomic E-state index is 9.67. The number of hydrogen-bond acceptors (Lipinski definition) is 1. The Balaban J connectivity index is 2.40. The molecule has 0 aliphatic heterocycles. The van der Waals surface area contributed by atoms with Crippen LogP contribution in [0.3, 0.4) is 0 Å². The van der Waals surface area contributed by atoms with Crippen molar-refractivity contribution in [2.75, 3.05) is 0 Å². The van der Waals surface area contributed by atoms with Gasteiger partial charge >= 0.3 is 0 Å². The molecule has 0 radical (unpaired) electrons. The largest absolute Gasteiger partial charge is 0.393 e. The first-order valence-electron chi connectivity index (χ1n) is 4.93. The van der Waals surface area contributed by atoms with Crippen molar-refractivity contribution in [2.24, 2.45) is 11.8 Å². The van der Waals surface area contributed by atoms with E-state index in [1.165, 1.54) is 25.7 Å². The molecule has 0 heterocycles. The third-order valence-electron chi connectivity index (χ3n) is 3.16. The van der Waals surface area contributed by atoms with Crippen LogP contribution >= 0.6 is 0 Å². The van der Waals surface area contributed by atoms with E-state index in [2.05, 4.69) is 13.8 Å². The number of rotatable bonds is 2. The van der Waals surface area contributed by atoms with Crippen molar-refractivity contribution in [3.8, 4) is 0 Å². The van der Waals surface area contributed by atoms with Crippen molar-refractivity contribution in [2.45, 2.75) is 52.1 Å². The maximum atomic E-state index is 9.67. The van der Waals surface area contributed by atoms with E-state index in [1.54, 1.807) is 0 Å². The second-order valence-corrected chi connectivity index (χ2v) is 3.90. The van der Waals surface area contributed by atoms with E-state index in [9.17, 15) is 5.11 Å². The number of aliphatic hydroxyl groups excluding tert-OH is 1. The SMILES string of the molecule is CCC(C)C1CCCCC1O. The van der Waals surface area contributed by atoms with Crippen LogP contribution in [0.5, 0.6) is 0 Å². The molecule has 11 heavy (non-hydrogen) atoms. The van der Waals surface area contributed by atoms with E-state index in [0.717, 1.165) is 6.42 Å². The molecule has 1 N–H and O–H groups in total. The fourth-order valence-electron chi connectivity index (χ4n) is 2.11. The summed E-state index contributed by atoms with van der Waals surface area (Å²) in [7, 11) is 0. The summed E-state index contributed by atoms with van der Waals surface area (Å²) in [6.45, 7) is 4.48. The lowest BCUT2D eigenvalue weighted by atomic mass is 9.78. The van der Waals surface area contributed by atoms with Gasteiger partial charge in [-0.1, -0.05) is 33.1 Å². The van der Waals surface area contributed by atoms with Gasteiger partial charge in [-0.05, 0) is 24.7 Å². The Labute approximate surface area is 69.8 Å². The van der Waals surface area contributed by atoms with Gasteiger partial charge in [-0.2, -0.15) is 0 Å². The van der Waals surface area contributed by atoms with Crippen LogP contribution in [0, 0.1) is 11.8 Å². The van der Waals surface area contributed by atoms with Crippen LogP contribution in [0.15, 0.2) is 0 Å². The van der Waals surface area contributed by atoms with Crippen LogP contribution in [0.25, 0.3) is 0 Å². The summed E-state index contributed by atoms with van der Waals surface area (Å²) >= 11 is 0. The lowest BCUT2D eigenvalue weighted by molar-refractivity contribution is 0.0402. The highest BCUT2D eigenvalue weighted by molar-refractivity contribution is 4.77. The predicted octanol–water partition coefficient (Wildman–Crippen LogP) is 2.58. The second kappa shape index (κ2) is 4.10. The van der Waals surface area contributed by atoms with Crippen molar-refractivity contribution in [3.05, 3.63) is 0 Å². The van der Waals surface area contributed by atoms with Crippen LogP contribution in [-0.4, -0.2) is 11.2 Å². The lowest BCUT2D eigenvalue weighted by Gasteiger charge is -2.31. The highest BCUT2D eigenvalue weighted by Gasteiger charge is 2.26. The third kappa shape index (κ3) is 2.19. The normalized spacial score (nSPS) is 35.2. The smallest absolute Gasteiger partial charge is 0.0570 e. The predicted molar refractivity (Wildman–Crippen MR) is 47.4 cm³/mol. The number of hydrogen-bond donors (Lipinski definition) is 1. The minimum atomic E-state index is -0.00120. The first kappa shape index (κ1) is 9.05. The van der Waals surface area contributed by atoms with Crippen molar-refractivity contribution >= 4 is 0 Å².